The van der Waals surface area contributed by atoms with Gasteiger partial charge in [0.2, 0.25) is 0 Å². The van der Waals surface area contributed by atoms with E-state index in [1.807, 2.05) is 42.5 Å². The first-order chi connectivity index (χ1) is 9.08. The summed E-state index contributed by atoms with van der Waals surface area (Å²) in [6, 6.07) is 14.8. The number of halogens is 2. The smallest absolute Gasteiger partial charge is 0.0773 e. The number of aliphatic hydroxyl groups is 1. The maximum Gasteiger partial charge on any atom is 0.0773 e. The largest absolute Gasteiger partial charge is 0.391 e. The molecular formula is C15H15BrClNO. The molecule has 0 aliphatic carbocycles. The van der Waals surface area contributed by atoms with Gasteiger partial charge >= 0.3 is 0 Å². The van der Waals surface area contributed by atoms with Crippen LogP contribution in [0.25, 0.3) is 0 Å². The number of hydrogen-bond acceptors (Lipinski definition) is 2. The molecule has 2 nitrogen and oxygen atoms in total. The zero-order chi connectivity index (χ0) is 13.8. The average Bonchev–Trinajstić information content (AvgIpc) is 2.42. The van der Waals surface area contributed by atoms with Crippen LogP contribution >= 0.6 is 27.5 Å². The van der Waals surface area contributed by atoms with E-state index in [-0.39, 0.29) is 0 Å². The molecule has 2 aromatic rings. The Balaban J connectivity index is 2.10. The Morgan fingerprint density at radius 1 is 1.16 bits per heavy atom. The maximum absolute atomic E-state index is 10.2. The van der Waals surface area contributed by atoms with Crippen LogP contribution in [0.3, 0.4) is 0 Å². The summed E-state index contributed by atoms with van der Waals surface area (Å²) in [7, 11) is 0. The number of benzene rings is 2. The monoisotopic (exact) mass is 339 g/mol. The third-order valence-electron chi connectivity index (χ3n) is 3.03. The van der Waals surface area contributed by atoms with Crippen LogP contribution in [0.1, 0.15) is 17.2 Å². The van der Waals surface area contributed by atoms with Crippen LogP contribution < -0.4 is 5.73 Å². The van der Waals surface area contributed by atoms with Gasteiger partial charge in [-0.05, 0) is 39.2 Å². The lowest BCUT2D eigenvalue weighted by molar-refractivity contribution is 0.145. The highest BCUT2D eigenvalue weighted by Crippen LogP contribution is 2.27. The minimum Gasteiger partial charge on any atom is -0.391 e. The van der Waals surface area contributed by atoms with E-state index in [9.17, 15) is 5.11 Å². The second-order valence-electron chi connectivity index (χ2n) is 4.46. The molecule has 0 saturated heterocycles. The molecule has 3 N–H and O–H groups in total. The fraction of sp³-hybridized carbons (Fsp3) is 0.200. The normalized spacial score (nSPS) is 14.1. The standard InChI is InChI=1S/C15H15BrClNO/c16-12-9-11(6-7-13(12)17)15(18)14(19)8-10-4-2-1-3-5-10/h1-7,9,14-15,19H,8,18H2/t14-,15+/m1/s1. The molecular weight excluding hydrogens is 326 g/mol. The van der Waals surface area contributed by atoms with E-state index < -0.39 is 12.1 Å². The van der Waals surface area contributed by atoms with Gasteiger partial charge in [0.15, 0.2) is 0 Å². The van der Waals surface area contributed by atoms with Crippen LogP contribution in [-0.4, -0.2) is 11.2 Å². The van der Waals surface area contributed by atoms with Gasteiger partial charge in [-0.25, -0.2) is 0 Å². The molecule has 0 fully saturated rings. The number of nitrogens with two attached hydrogens (primary N) is 1. The molecule has 0 heterocycles. The van der Waals surface area contributed by atoms with E-state index in [2.05, 4.69) is 15.9 Å². The quantitative estimate of drug-likeness (QED) is 0.891. The lowest BCUT2D eigenvalue weighted by Crippen LogP contribution is -2.28. The molecule has 0 bridgehead atoms. The van der Waals surface area contributed by atoms with Crippen molar-refractivity contribution in [3.8, 4) is 0 Å². The fourth-order valence-corrected chi connectivity index (χ4v) is 2.44. The molecule has 0 spiro atoms. The third kappa shape index (κ3) is 3.80. The second kappa shape index (κ2) is 6.53. The lowest BCUT2D eigenvalue weighted by Gasteiger charge is -2.19. The van der Waals surface area contributed by atoms with Gasteiger partial charge in [-0.2, -0.15) is 0 Å². The van der Waals surface area contributed by atoms with Crippen molar-refractivity contribution in [1.82, 2.24) is 0 Å². The van der Waals surface area contributed by atoms with E-state index in [0.29, 0.717) is 11.4 Å². The molecule has 0 radical (unpaired) electrons. The minimum atomic E-state index is -0.629. The Hall–Kier alpha value is -0.870. The molecule has 2 atom stereocenters. The van der Waals surface area contributed by atoms with Gasteiger partial charge in [-0.1, -0.05) is 48.0 Å². The first-order valence-corrected chi connectivity index (χ1v) is 7.17. The van der Waals surface area contributed by atoms with Crippen LogP contribution in [0.15, 0.2) is 53.0 Å². The van der Waals surface area contributed by atoms with Crippen molar-refractivity contribution in [3.05, 3.63) is 69.2 Å². The first kappa shape index (κ1) is 14.5. The molecule has 0 aromatic heterocycles. The van der Waals surface area contributed by atoms with Crippen LogP contribution in [0.2, 0.25) is 5.02 Å². The fourth-order valence-electron chi connectivity index (χ4n) is 1.92. The number of aliphatic hydroxyl groups excluding tert-OH is 1. The zero-order valence-electron chi connectivity index (χ0n) is 10.3. The molecule has 100 valence electrons. The van der Waals surface area contributed by atoms with Gasteiger partial charge in [0, 0.05) is 10.9 Å². The van der Waals surface area contributed by atoms with E-state index in [1.165, 1.54) is 0 Å². The molecule has 19 heavy (non-hydrogen) atoms. The van der Waals surface area contributed by atoms with Crippen molar-refractivity contribution in [2.75, 3.05) is 0 Å². The molecule has 2 aromatic carbocycles. The summed E-state index contributed by atoms with van der Waals surface area (Å²) in [5.74, 6) is 0. The molecule has 0 aliphatic heterocycles. The van der Waals surface area contributed by atoms with Crippen molar-refractivity contribution < 1.29 is 5.11 Å². The maximum atomic E-state index is 10.2. The Morgan fingerprint density at radius 3 is 2.47 bits per heavy atom. The summed E-state index contributed by atoms with van der Waals surface area (Å²) in [4.78, 5) is 0. The van der Waals surface area contributed by atoms with Crippen molar-refractivity contribution >= 4 is 27.5 Å². The van der Waals surface area contributed by atoms with Crippen molar-refractivity contribution in [2.24, 2.45) is 5.73 Å². The van der Waals surface area contributed by atoms with Gasteiger partial charge in [0.05, 0.1) is 17.2 Å². The molecule has 0 aliphatic rings. The number of rotatable bonds is 4. The van der Waals surface area contributed by atoms with Gasteiger partial charge < -0.3 is 10.8 Å². The summed E-state index contributed by atoms with van der Waals surface area (Å²) in [6.07, 6.45) is -0.0992. The first-order valence-electron chi connectivity index (χ1n) is 6.00. The van der Waals surface area contributed by atoms with Gasteiger partial charge in [0.25, 0.3) is 0 Å². The van der Waals surface area contributed by atoms with Crippen LogP contribution in [0, 0.1) is 0 Å². The van der Waals surface area contributed by atoms with Gasteiger partial charge in [0.1, 0.15) is 0 Å². The van der Waals surface area contributed by atoms with E-state index >= 15 is 0 Å². The Labute approximate surface area is 126 Å². The van der Waals surface area contributed by atoms with E-state index in [1.54, 1.807) is 6.07 Å². The van der Waals surface area contributed by atoms with Crippen molar-refractivity contribution in [1.29, 1.82) is 0 Å². The van der Waals surface area contributed by atoms with Crippen LogP contribution in [0.5, 0.6) is 0 Å². The number of hydrogen-bond donors (Lipinski definition) is 2. The zero-order valence-corrected chi connectivity index (χ0v) is 12.6. The van der Waals surface area contributed by atoms with E-state index in [0.717, 1.165) is 15.6 Å². The average molecular weight is 341 g/mol. The minimum absolute atomic E-state index is 0.436. The summed E-state index contributed by atoms with van der Waals surface area (Å²) in [5.41, 5.74) is 8.02. The highest BCUT2D eigenvalue weighted by Gasteiger charge is 2.18. The Morgan fingerprint density at radius 2 is 1.84 bits per heavy atom. The van der Waals surface area contributed by atoms with E-state index in [4.69, 9.17) is 17.3 Å². The van der Waals surface area contributed by atoms with Crippen LogP contribution in [-0.2, 0) is 6.42 Å². The second-order valence-corrected chi connectivity index (χ2v) is 5.72. The lowest BCUT2D eigenvalue weighted by atomic mass is 9.97. The summed E-state index contributed by atoms with van der Waals surface area (Å²) in [6.45, 7) is 0. The molecule has 4 heteroatoms. The highest BCUT2D eigenvalue weighted by atomic mass is 79.9. The predicted molar refractivity (Wildman–Crippen MR) is 82.2 cm³/mol. The highest BCUT2D eigenvalue weighted by molar-refractivity contribution is 9.10. The molecule has 0 amide bonds. The topological polar surface area (TPSA) is 46.2 Å². The predicted octanol–water partition coefficient (Wildman–Crippen LogP) is 3.71. The SMILES string of the molecule is N[C@@H](c1ccc(Cl)c(Br)c1)[C@H](O)Cc1ccccc1. The van der Waals surface area contributed by atoms with Gasteiger partial charge in [-0.3, -0.25) is 0 Å². The summed E-state index contributed by atoms with van der Waals surface area (Å²) >= 11 is 9.31. The van der Waals surface area contributed by atoms with Crippen molar-refractivity contribution in [2.45, 2.75) is 18.6 Å². The van der Waals surface area contributed by atoms with Crippen molar-refractivity contribution in [3.63, 3.8) is 0 Å². The summed E-state index contributed by atoms with van der Waals surface area (Å²) in [5, 5.41) is 10.8. The molecule has 0 saturated carbocycles. The van der Waals surface area contributed by atoms with Crippen LogP contribution in [0.4, 0.5) is 0 Å². The van der Waals surface area contributed by atoms with Gasteiger partial charge in [-0.15, -0.1) is 0 Å². The molecule has 0 unspecified atom stereocenters. The Bertz CT molecular complexity index is 547. The Kier molecular flexibility index (Phi) is 4.99. The molecule has 2 rings (SSSR count). The summed E-state index contributed by atoms with van der Waals surface area (Å²) < 4.78 is 0.786. The third-order valence-corrected chi connectivity index (χ3v) is 4.24.